The highest BCUT2D eigenvalue weighted by atomic mass is 32.2. The molecule has 0 radical (unpaired) electrons. The maximum absolute atomic E-state index is 14.1. The number of hydrogen-bond acceptors (Lipinski definition) is 9. The lowest BCUT2D eigenvalue weighted by atomic mass is 10.0. The molecule has 5 N–H and O–H groups in total. The number of rotatable bonds is 19. The second kappa shape index (κ2) is 20.3. The highest BCUT2D eigenvalue weighted by Gasteiger charge is 2.27. The van der Waals surface area contributed by atoms with Crippen LogP contribution in [0.5, 0.6) is 0 Å². The molecule has 0 bridgehead atoms. The molecule has 2 aromatic carbocycles. The SMILES string of the molecule is CCNC(=O)[C@@H](NC(=O)[C@H](C)NC[C@H](Cc1ccccn1)NC(=O)c1cc(C(=O)NC(C)c2cccnc2)cc(N(C)S(=O)(=O)Cc2ccccc2)c1)C(C)C. The summed E-state index contributed by atoms with van der Waals surface area (Å²) in [5, 5.41) is 14.7. The second-order valence-corrected chi connectivity index (χ2v) is 15.9. The molecule has 0 aliphatic carbocycles. The molecule has 14 nitrogen and oxygen atoms in total. The number of nitrogens with one attached hydrogen (secondary N) is 5. The fourth-order valence-electron chi connectivity index (χ4n) is 5.82. The van der Waals surface area contributed by atoms with Gasteiger partial charge in [0.2, 0.25) is 21.8 Å². The highest BCUT2D eigenvalue weighted by Crippen LogP contribution is 2.24. The van der Waals surface area contributed by atoms with Crippen LogP contribution in [-0.4, -0.2) is 80.3 Å². The quantitative estimate of drug-likeness (QED) is 0.0947. The van der Waals surface area contributed by atoms with E-state index in [-0.39, 0.29) is 53.3 Å². The van der Waals surface area contributed by atoms with E-state index in [0.29, 0.717) is 17.8 Å². The standard InChI is InChI=1S/C41H52N8O6S/c1-7-43-41(53)37(27(2)3)48-38(50)29(5)45-25-35(23-34-17-11-12-19-44-34)47-40(52)33-20-32(39(51)46-28(4)31-16-13-18-42-24-31)21-36(22-33)49(6)56(54,55)26-30-14-9-8-10-15-30/h8-22,24,27-29,35,37,45H,7,23,25-26H2,1-6H3,(H,43,53)(H,46,51)(H,47,52)(H,48,50)/t28?,29-,35-,37-/m0/s1. The molecular weight excluding hydrogens is 733 g/mol. The summed E-state index contributed by atoms with van der Waals surface area (Å²) in [7, 11) is -2.57. The van der Waals surface area contributed by atoms with Crippen molar-refractivity contribution in [1.29, 1.82) is 0 Å². The van der Waals surface area contributed by atoms with E-state index in [1.165, 1.54) is 25.2 Å². The average Bonchev–Trinajstić information content (AvgIpc) is 3.19. The second-order valence-electron chi connectivity index (χ2n) is 13.9. The third kappa shape index (κ3) is 12.4. The highest BCUT2D eigenvalue weighted by molar-refractivity contribution is 7.92. The Morgan fingerprint density at radius 2 is 1.46 bits per heavy atom. The van der Waals surface area contributed by atoms with Gasteiger partial charge in [0.05, 0.1) is 23.5 Å². The molecule has 0 saturated carbocycles. The first-order chi connectivity index (χ1) is 26.7. The summed E-state index contributed by atoms with van der Waals surface area (Å²) in [5.41, 5.74) is 2.24. The molecule has 4 aromatic rings. The Morgan fingerprint density at radius 1 is 0.786 bits per heavy atom. The Hall–Kier alpha value is -5.67. The molecule has 4 amide bonds. The summed E-state index contributed by atoms with van der Waals surface area (Å²) >= 11 is 0. The summed E-state index contributed by atoms with van der Waals surface area (Å²) in [6.07, 6.45) is 5.18. The molecule has 15 heteroatoms. The van der Waals surface area contributed by atoms with E-state index in [1.807, 2.05) is 32.0 Å². The molecule has 1 unspecified atom stereocenters. The van der Waals surface area contributed by atoms with Crippen LogP contribution in [0.3, 0.4) is 0 Å². The summed E-state index contributed by atoms with van der Waals surface area (Å²) in [6, 6.07) is 19.5. The first-order valence-electron chi connectivity index (χ1n) is 18.6. The largest absolute Gasteiger partial charge is 0.355 e. The van der Waals surface area contributed by atoms with Gasteiger partial charge in [0, 0.05) is 68.0 Å². The molecular formula is C41H52N8O6S. The van der Waals surface area contributed by atoms with Gasteiger partial charge in [0.15, 0.2) is 0 Å². The molecule has 2 aromatic heterocycles. The molecule has 0 spiro atoms. The predicted octanol–water partition coefficient (Wildman–Crippen LogP) is 3.53. The number of hydrogen-bond donors (Lipinski definition) is 5. The topological polar surface area (TPSA) is 192 Å². The van der Waals surface area contributed by atoms with Crippen molar-refractivity contribution in [2.75, 3.05) is 24.4 Å². The molecule has 0 saturated heterocycles. The van der Waals surface area contributed by atoms with Gasteiger partial charge in [-0.1, -0.05) is 56.3 Å². The first kappa shape index (κ1) is 43.1. The summed E-state index contributed by atoms with van der Waals surface area (Å²) in [4.78, 5) is 62.2. The van der Waals surface area contributed by atoms with E-state index in [2.05, 4.69) is 36.6 Å². The zero-order valence-electron chi connectivity index (χ0n) is 32.7. The van der Waals surface area contributed by atoms with Gasteiger partial charge in [0.1, 0.15) is 6.04 Å². The van der Waals surface area contributed by atoms with E-state index in [0.717, 1.165) is 9.87 Å². The maximum Gasteiger partial charge on any atom is 0.251 e. The number of amides is 4. The van der Waals surface area contributed by atoms with Gasteiger partial charge in [-0.3, -0.25) is 33.5 Å². The minimum atomic E-state index is -3.95. The van der Waals surface area contributed by atoms with E-state index >= 15 is 0 Å². The number of benzene rings is 2. The average molecular weight is 785 g/mol. The van der Waals surface area contributed by atoms with E-state index in [4.69, 9.17) is 0 Å². The fourth-order valence-corrected chi connectivity index (χ4v) is 7.05. The minimum Gasteiger partial charge on any atom is -0.355 e. The molecule has 4 atom stereocenters. The number of likely N-dealkylation sites (N-methyl/N-ethyl adjacent to an activating group) is 1. The van der Waals surface area contributed by atoms with Gasteiger partial charge in [-0.25, -0.2) is 8.42 Å². The Balaban J connectivity index is 1.62. The van der Waals surface area contributed by atoms with Gasteiger partial charge in [-0.15, -0.1) is 0 Å². The molecule has 2 heterocycles. The van der Waals surface area contributed by atoms with Crippen molar-refractivity contribution in [3.63, 3.8) is 0 Å². The first-order valence-corrected chi connectivity index (χ1v) is 20.2. The van der Waals surface area contributed by atoms with Crippen molar-refractivity contribution >= 4 is 39.3 Å². The molecule has 0 fully saturated rings. The Bertz CT molecular complexity index is 2040. The van der Waals surface area contributed by atoms with Crippen LogP contribution < -0.4 is 30.9 Å². The summed E-state index contributed by atoms with van der Waals surface area (Å²) in [6.45, 7) is 9.52. The molecule has 56 heavy (non-hydrogen) atoms. The van der Waals surface area contributed by atoms with Crippen LogP contribution in [0, 0.1) is 5.92 Å². The van der Waals surface area contributed by atoms with Crippen LogP contribution in [-0.2, 0) is 31.8 Å². The monoisotopic (exact) mass is 784 g/mol. The fraction of sp³-hybridized carbons (Fsp3) is 0.366. The zero-order valence-corrected chi connectivity index (χ0v) is 33.5. The normalized spacial score (nSPS) is 13.5. The number of carbonyl (C=O) groups excluding carboxylic acids is 4. The molecule has 0 aliphatic rings. The number of nitrogens with zero attached hydrogens (tertiary/aromatic N) is 3. The minimum absolute atomic E-state index is 0.0435. The van der Waals surface area contributed by atoms with Crippen LogP contribution >= 0.6 is 0 Å². The van der Waals surface area contributed by atoms with Crippen molar-refractivity contribution in [1.82, 2.24) is 36.6 Å². The molecule has 298 valence electrons. The van der Waals surface area contributed by atoms with Crippen LogP contribution in [0.2, 0.25) is 0 Å². The van der Waals surface area contributed by atoms with Crippen LogP contribution in [0.25, 0.3) is 0 Å². The van der Waals surface area contributed by atoms with Crippen LogP contribution in [0.1, 0.15) is 78.2 Å². The van der Waals surface area contributed by atoms with Crippen LogP contribution in [0.4, 0.5) is 5.69 Å². The third-order valence-electron chi connectivity index (χ3n) is 9.13. The number of aromatic nitrogens is 2. The Morgan fingerprint density at radius 3 is 2.07 bits per heavy atom. The van der Waals surface area contributed by atoms with Crippen molar-refractivity contribution in [2.24, 2.45) is 5.92 Å². The van der Waals surface area contributed by atoms with Gasteiger partial charge in [0.25, 0.3) is 11.8 Å². The summed E-state index contributed by atoms with van der Waals surface area (Å²) < 4.78 is 28.3. The van der Waals surface area contributed by atoms with Gasteiger partial charge < -0.3 is 26.6 Å². The summed E-state index contributed by atoms with van der Waals surface area (Å²) in [5.74, 6) is -2.21. The van der Waals surface area contributed by atoms with Crippen molar-refractivity contribution in [3.05, 3.63) is 125 Å². The van der Waals surface area contributed by atoms with Gasteiger partial charge in [-0.05, 0) is 74.2 Å². The van der Waals surface area contributed by atoms with Crippen molar-refractivity contribution in [2.45, 2.75) is 71.0 Å². The number of sulfonamides is 1. The smallest absolute Gasteiger partial charge is 0.251 e. The lowest BCUT2D eigenvalue weighted by Crippen LogP contribution is -2.55. The van der Waals surface area contributed by atoms with Gasteiger partial charge in [-0.2, -0.15) is 0 Å². The Kier molecular flexibility index (Phi) is 15.6. The third-order valence-corrected chi connectivity index (χ3v) is 10.9. The lowest BCUT2D eigenvalue weighted by molar-refractivity contribution is -0.130. The predicted molar refractivity (Wildman–Crippen MR) is 216 cm³/mol. The zero-order chi connectivity index (χ0) is 40.8. The van der Waals surface area contributed by atoms with Crippen molar-refractivity contribution < 1.29 is 27.6 Å². The van der Waals surface area contributed by atoms with E-state index in [1.54, 1.807) is 81.8 Å². The molecule has 0 aliphatic heterocycles. The number of carbonyl (C=O) groups is 4. The van der Waals surface area contributed by atoms with E-state index in [9.17, 15) is 27.6 Å². The maximum atomic E-state index is 14.1. The Labute approximate surface area is 329 Å². The van der Waals surface area contributed by atoms with Gasteiger partial charge >= 0.3 is 0 Å². The molecule has 4 rings (SSSR count). The van der Waals surface area contributed by atoms with Crippen LogP contribution in [0.15, 0.2) is 97.5 Å². The number of pyridine rings is 2. The van der Waals surface area contributed by atoms with Crippen molar-refractivity contribution in [3.8, 4) is 0 Å². The van der Waals surface area contributed by atoms with E-state index < -0.39 is 46.0 Å². The lowest BCUT2D eigenvalue weighted by Gasteiger charge is -2.25. The number of anilines is 1.